The number of anilines is 1. The zero-order valence-electron chi connectivity index (χ0n) is 59.6. The molecular formula is C70H104N10O20. The van der Waals surface area contributed by atoms with Crippen molar-refractivity contribution >= 4 is 59.2 Å². The van der Waals surface area contributed by atoms with Gasteiger partial charge >= 0.3 is 18.2 Å². The van der Waals surface area contributed by atoms with Gasteiger partial charge in [0, 0.05) is 47.8 Å². The molecule has 1 aromatic heterocycles. The first-order chi connectivity index (χ1) is 47.4. The lowest BCUT2D eigenvalue weighted by atomic mass is 9.89. The maximum atomic E-state index is 14.9. The average Bonchev–Trinajstić information content (AvgIpc) is 1.58. The van der Waals surface area contributed by atoms with Crippen molar-refractivity contribution in [3.63, 3.8) is 0 Å². The van der Waals surface area contributed by atoms with Crippen molar-refractivity contribution in [2.24, 2.45) is 41.4 Å². The summed E-state index contributed by atoms with van der Waals surface area (Å²) in [6, 6.07) is 8.96. The van der Waals surface area contributed by atoms with Gasteiger partial charge < -0.3 is 85.0 Å². The normalized spacial score (nSPS) is 23.8. The van der Waals surface area contributed by atoms with Crippen molar-refractivity contribution in [1.29, 1.82) is 0 Å². The van der Waals surface area contributed by atoms with Crippen LogP contribution in [0, 0.1) is 41.4 Å². The van der Waals surface area contributed by atoms with E-state index in [4.69, 9.17) is 28.4 Å². The molecule has 3 aromatic rings. The van der Waals surface area contributed by atoms with Crippen LogP contribution in [0.25, 0.3) is 0 Å². The number of benzene rings is 2. The van der Waals surface area contributed by atoms with Gasteiger partial charge in [0.2, 0.25) is 35.8 Å². The van der Waals surface area contributed by atoms with Gasteiger partial charge in [0.25, 0.3) is 0 Å². The number of carbonyl (C=O) groups is 9. The second-order valence-corrected chi connectivity index (χ2v) is 27.7. The first-order valence-electron chi connectivity index (χ1n) is 34.6. The molecule has 4 aliphatic rings. The Labute approximate surface area is 583 Å². The zero-order chi connectivity index (χ0) is 73.6. The van der Waals surface area contributed by atoms with Crippen molar-refractivity contribution in [3.05, 3.63) is 71.0 Å². The second kappa shape index (κ2) is 36.1. The number of hydrogen-bond donors (Lipinski definition) is 9. The van der Waals surface area contributed by atoms with Crippen molar-refractivity contribution in [2.45, 2.75) is 212 Å². The number of ether oxygens (including phenoxy) is 6. The lowest BCUT2D eigenvalue weighted by Crippen LogP contribution is -2.61. The number of Topliss-reactive ketones (excluding diaryl/α,β-unsaturated/α-hetero) is 1. The van der Waals surface area contributed by atoms with Crippen LogP contribution in [0.5, 0.6) is 5.75 Å². The number of carboxylic acids is 1. The van der Waals surface area contributed by atoms with Gasteiger partial charge in [-0.1, -0.05) is 96.5 Å². The minimum Gasteiger partial charge on any atom is -0.479 e. The van der Waals surface area contributed by atoms with E-state index in [1.165, 1.54) is 51.3 Å². The number of aliphatic carboxylic acids is 1. The van der Waals surface area contributed by atoms with Crippen LogP contribution in [0.4, 0.5) is 15.3 Å². The number of aromatic nitrogens is 3. The SMILES string of the molecule is CC[C@H](C)[C@@H]([C@@H](CC(=O)N1CCC[C@H]1[C@H](OC)[C@@H](C)C(=O)N[C@H](C)[C@@H](O)c1ccccc1)OC)N(C)C(=O)[C@@H](NC(=O)[C@H](C(C)C)N(C)C(=O)OCc1ccc(O[C@@H]2OC(C(=O)O)[C@@H](O)[C@H](O)C2O)c(NC(=O)CCNC(=O)OCC2C3CCc4nnn(CC(C)=O)c4CCC32)c1)C(C)C. The number of nitrogens with one attached hydrogen (secondary N) is 4. The van der Waals surface area contributed by atoms with Crippen LogP contribution in [-0.2, 0) is 83.2 Å². The standard InChI is InChI=1S/C70H104N10O20/c1-14-38(6)57(52(95-12)32-54(83)79-30-18-21-50(79)62(96-13)40(8)64(88)72-41(9)58(84)43-19-16-15-17-20-43)77(10)66(90)55(36(2)3)74-65(89)56(37(4)5)78(11)70(94)98-34-42-22-27-51(99-68-61(87)59(85)60(86)63(100-68)67(91)92)48(31-42)73-53(82)28-29-71-69(93)97-35-46-44-23-25-47-49(26-24-45(44)46)80(76-75-47)33-39(7)81/h15-17,19-20,22,27,31,36-38,40-41,44-46,50,52,55-63,68,84-87H,14,18,21,23-26,28-30,32-35H2,1-13H3,(H,71,93)(H,72,88)(H,73,82)(H,74,89)(H,91,92)/t38-,40+,41+,44?,45?,46?,50-,52+,55-,56-,57-,58+,59-,60-,61?,62+,63?,68+/m0/s1. The van der Waals surface area contributed by atoms with Gasteiger partial charge in [-0.25, -0.2) is 19.1 Å². The topological polar surface area (TPSA) is 399 Å². The van der Waals surface area contributed by atoms with E-state index in [-0.39, 0.29) is 79.0 Å². The van der Waals surface area contributed by atoms with Crippen molar-refractivity contribution in [1.82, 2.24) is 45.6 Å². The van der Waals surface area contributed by atoms with E-state index in [1.807, 2.05) is 19.9 Å². The van der Waals surface area contributed by atoms with Gasteiger partial charge in [-0.3, -0.25) is 33.7 Å². The van der Waals surface area contributed by atoms with Gasteiger partial charge in [-0.05, 0) is 111 Å². The summed E-state index contributed by atoms with van der Waals surface area (Å²) in [5.41, 5.74) is 2.60. The predicted molar refractivity (Wildman–Crippen MR) is 360 cm³/mol. The smallest absolute Gasteiger partial charge is 0.410 e. The first-order valence-corrected chi connectivity index (χ1v) is 34.6. The number of likely N-dealkylation sites (N-methyl/N-ethyl adjacent to an activating group) is 2. The van der Waals surface area contributed by atoms with Gasteiger partial charge in [0.05, 0.1) is 72.5 Å². The fourth-order valence-electron chi connectivity index (χ4n) is 14.2. The van der Waals surface area contributed by atoms with Crippen molar-refractivity contribution in [3.8, 4) is 5.75 Å². The molecule has 3 fully saturated rings. The highest BCUT2D eigenvalue weighted by Crippen LogP contribution is 2.53. The van der Waals surface area contributed by atoms with E-state index in [1.54, 1.807) is 82.4 Å². The fourth-order valence-corrected chi connectivity index (χ4v) is 14.2. The third kappa shape index (κ3) is 19.8. The summed E-state index contributed by atoms with van der Waals surface area (Å²) in [6.07, 6.45) is -9.69. The number of carboxylic acid groups (broad SMARTS) is 1. The molecule has 3 heterocycles. The highest BCUT2D eigenvalue weighted by molar-refractivity contribution is 5.93. The highest BCUT2D eigenvalue weighted by atomic mass is 16.7. The van der Waals surface area contributed by atoms with E-state index in [0.29, 0.717) is 56.0 Å². The largest absolute Gasteiger partial charge is 0.479 e. The number of amides is 7. The summed E-state index contributed by atoms with van der Waals surface area (Å²) >= 11 is 0. The molecule has 7 rings (SSSR count). The predicted octanol–water partition coefficient (Wildman–Crippen LogP) is 3.53. The summed E-state index contributed by atoms with van der Waals surface area (Å²) in [6.45, 7) is 15.9. The Morgan fingerprint density at radius 1 is 0.810 bits per heavy atom. The Morgan fingerprint density at radius 2 is 1.50 bits per heavy atom. The monoisotopic (exact) mass is 1400 g/mol. The number of nitrogens with zero attached hydrogens (tertiary/aromatic N) is 6. The molecule has 100 heavy (non-hydrogen) atoms. The van der Waals surface area contributed by atoms with Gasteiger partial charge in [0.15, 0.2) is 11.9 Å². The summed E-state index contributed by atoms with van der Waals surface area (Å²) < 4.78 is 36.2. The van der Waals surface area contributed by atoms with Crippen molar-refractivity contribution in [2.75, 3.05) is 53.3 Å². The van der Waals surface area contributed by atoms with E-state index in [0.717, 1.165) is 29.1 Å². The molecule has 18 atom stereocenters. The third-order valence-electron chi connectivity index (χ3n) is 20.1. The quantitative estimate of drug-likeness (QED) is 0.0421. The number of likely N-dealkylation sites (tertiary alicyclic amines) is 1. The molecule has 0 bridgehead atoms. The Morgan fingerprint density at radius 3 is 2.13 bits per heavy atom. The van der Waals surface area contributed by atoms with Gasteiger partial charge in [0.1, 0.15) is 49.3 Å². The molecule has 2 aromatic carbocycles. The molecule has 5 unspecified atom stereocenters. The van der Waals surface area contributed by atoms with E-state index < -0.39 is 139 Å². The fraction of sp³-hybridized carbons (Fsp3) is 0.671. The number of alkyl carbamates (subject to hydrolysis) is 1. The van der Waals surface area contributed by atoms with Crippen LogP contribution >= 0.6 is 0 Å². The van der Waals surface area contributed by atoms with E-state index >= 15 is 0 Å². The van der Waals surface area contributed by atoms with Crippen LogP contribution < -0.4 is 26.0 Å². The summed E-state index contributed by atoms with van der Waals surface area (Å²) in [4.78, 5) is 126. The summed E-state index contributed by atoms with van der Waals surface area (Å²) in [7, 11) is 5.94. The lowest BCUT2D eigenvalue weighted by molar-refractivity contribution is -0.271. The zero-order valence-corrected chi connectivity index (χ0v) is 59.6. The van der Waals surface area contributed by atoms with Crippen LogP contribution in [0.15, 0.2) is 48.5 Å². The molecule has 2 aliphatic carbocycles. The number of rotatable bonds is 33. The summed E-state index contributed by atoms with van der Waals surface area (Å²) in [5, 5.41) is 71.9. The Balaban J connectivity index is 0.969. The minimum absolute atomic E-state index is 0.0218. The first kappa shape index (κ1) is 79.5. The lowest BCUT2D eigenvalue weighted by Gasteiger charge is -2.41. The molecule has 30 nitrogen and oxygen atoms in total. The number of ketones is 1. The van der Waals surface area contributed by atoms with Crippen LogP contribution in [0.3, 0.4) is 0 Å². The summed E-state index contributed by atoms with van der Waals surface area (Å²) in [5.74, 6) is -5.50. The third-order valence-corrected chi connectivity index (χ3v) is 20.1. The van der Waals surface area contributed by atoms with E-state index in [2.05, 4.69) is 31.6 Å². The number of carbonyl (C=O) groups excluding carboxylic acids is 8. The van der Waals surface area contributed by atoms with Crippen LogP contribution in [-0.4, -0.2) is 230 Å². The highest BCUT2D eigenvalue weighted by Gasteiger charge is 2.52. The maximum Gasteiger partial charge on any atom is 0.410 e. The Hall–Kier alpha value is -7.87. The van der Waals surface area contributed by atoms with Crippen LogP contribution in [0.1, 0.15) is 136 Å². The number of methoxy groups -OCH3 is 2. The molecule has 554 valence electrons. The maximum absolute atomic E-state index is 14.9. The van der Waals surface area contributed by atoms with Crippen molar-refractivity contribution < 1.29 is 97.1 Å². The average molecular weight is 1410 g/mol. The molecule has 9 N–H and O–H groups in total. The molecule has 2 saturated heterocycles. The molecule has 1 saturated carbocycles. The minimum atomic E-state index is -2.03. The number of fused-ring (bicyclic) bond motifs is 2. The number of hydrogen-bond acceptors (Lipinski definition) is 21. The van der Waals surface area contributed by atoms with Crippen LogP contribution in [0.2, 0.25) is 0 Å². The Bertz CT molecular complexity index is 3300. The Kier molecular flexibility index (Phi) is 28.7. The van der Waals surface area contributed by atoms with Gasteiger partial charge in [-0.15, -0.1) is 5.10 Å². The van der Waals surface area contributed by atoms with E-state index in [9.17, 15) is 68.7 Å². The van der Waals surface area contributed by atoms with Gasteiger partial charge in [-0.2, -0.15) is 0 Å². The number of aliphatic hydroxyl groups is 4. The molecule has 0 radical (unpaired) electrons. The molecule has 0 spiro atoms. The molecular weight excluding hydrogens is 1300 g/mol. The number of aliphatic hydroxyl groups excluding tert-OH is 4. The number of aryl methyl sites for hydroxylation is 1. The molecule has 30 heteroatoms. The molecule has 7 amide bonds. The molecule has 2 aliphatic heterocycles. The second-order valence-electron chi connectivity index (χ2n) is 27.7.